The molecule has 116 valence electrons. The van der Waals surface area contributed by atoms with Crippen LogP contribution in [0.4, 0.5) is 4.39 Å². The molecule has 1 aliphatic rings. The van der Waals surface area contributed by atoms with Crippen LogP contribution in [-0.4, -0.2) is 65.9 Å². The third-order valence-electron chi connectivity index (χ3n) is 3.53. The number of halogens is 1. The lowest BCUT2D eigenvalue weighted by atomic mass is 10.3. The average Bonchev–Trinajstić information content (AvgIpc) is 2.72. The second-order valence-corrected chi connectivity index (χ2v) is 6.09. The van der Waals surface area contributed by atoms with E-state index in [9.17, 15) is 9.18 Å². The lowest BCUT2D eigenvalue weighted by molar-refractivity contribution is -0.128. The molecule has 1 saturated heterocycles. The summed E-state index contributed by atoms with van der Waals surface area (Å²) in [4.78, 5) is 17.2. The van der Waals surface area contributed by atoms with Crippen molar-refractivity contribution >= 4 is 17.7 Å². The van der Waals surface area contributed by atoms with Gasteiger partial charge in [0.1, 0.15) is 5.82 Å². The molecule has 0 atom stereocenters. The van der Waals surface area contributed by atoms with Crippen LogP contribution in [0.15, 0.2) is 29.2 Å². The largest absolute Gasteiger partial charge is 0.395 e. The number of nitrogens with zero attached hydrogens (tertiary/aromatic N) is 2. The minimum atomic E-state index is -0.262. The summed E-state index contributed by atoms with van der Waals surface area (Å²) in [5.41, 5.74) is 0. The van der Waals surface area contributed by atoms with Crippen LogP contribution in [0.25, 0.3) is 0 Å². The van der Waals surface area contributed by atoms with E-state index >= 15 is 0 Å². The molecular weight excluding hydrogens is 291 g/mol. The lowest BCUT2D eigenvalue weighted by Gasteiger charge is -2.21. The van der Waals surface area contributed by atoms with Crippen molar-refractivity contribution in [1.29, 1.82) is 0 Å². The Labute approximate surface area is 128 Å². The van der Waals surface area contributed by atoms with E-state index in [1.165, 1.54) is 23.9 Å². The molecule has 1 amide bonds. The molecular formula is C15H21FN2O2S. The van der Waals surface area contributed by atoms with Crippen molar-refractivity contribution in [3.05, 3.63) is 30.1 Å². The lowest BCUT2D eigenvalue weighted by Crippen LogP contribution is -2.36. The Balaban J connectivity index is 1.79. The molecule has 2 rings (SSSR count). The van der Waals surface area contributed by atoms with Gasteiger partial charge < -0.3 is 10.0 Å². The van der Waals surface area contributed by atoms with Gasteiger partial charge in [0.15, 0.2) is 0 Å². The van der Waals surface area contributed by atoms with Gasteiger partial charge in [-0.3, -0.25) is 9.69 Å². The molecule has 1 aromatic rings. The van der Waals surface area contributed by atoms with Gasteiger partial charge >= 0.3 is 0 Å². The number of rotatable bonds is 5. The fourth-order valence-corrected chi connectivity index (χ4v) is 3.15. The van der Waals surface area contributed by atoms with Crippen LogP contribution in [0.3, 0.4) is 0 Å². The van der Waals surface area contributed by atoms with Gasteiger partial charge in [-0.05, 0) is 37.2 Å². The Kier molecular flexibility index (Phi) is 6.48. The summed E-state index contributed by atoms with van der Waals surface area (Å²) in [6, 6.07) is 6.20. The summed E-state index contributed by atoms with van der Waals surface area (Å²) < 4.78 is 12.8. The summed E-state index contributed by atoms with van der Waals surface area (Å²) in [6.45, 7) is 4.05. The van der Waals surface area contributed by atoms with Crippen LogP contribution in [0.5, 0.6) is 0 Å². The topological polar surface area (TPSA) is 43.8 Å². The van der Waals surface area contributed by atoms with E-state index in [4.69, 9.17) is 5.11 Å². The zero-order chi connectivity index (χ0) is 15.1. The number of amides is 1. The summed E-state index contributed by atoms with van der Waals surface area (Å²) in [5.74, 6) is 0.239. The highest BCUT2D eigenvalue weighted by molar-refractivity contribution is 8.00. The van der Waals surface area contributed by atoms with Crippen LogP contribution >= 0.6 is 11.8 Å². The number of β-amino-alcohol motifs (C(OH)–C–C–N with tert-alkyl or cyclic N) is 1. The quantitative estimate of drug-likeness (QED) is 0.836. The maximum absolute atomic E-state index is 12.8. The highest BCUT2D eigenvalue weighted by Gasteiger charge is 2.18. The fraction of sp³-hybridized carbons (Fsp3) is 0.533. The first-order chi connectivity index (χ1) is 10.2. The molecule has 0 aromatic heterocycles. The van der Waals surface area contributed by atoms with Crippen LogP contribution in [0.2, 0.25) is 0 Å². The van der Waals surface area contributed by atoms with Crippen molar-refractivity contribution in [3.63, 3.8) is 0 Å². The molecule has 1 aromatic carbocycles. The molecule has 1 aliphatic heterocycles. The first kappa shape index (κ1) is 16.3. The average molecular weight is 312 g/mol. The molecule has 0 saturated carbocycles. The Morgan fingerprint density at radius 1 is 1.19 bits per heavy atom. The van der Waals surface area contributed by atoms with Crippen molar-refractivity contribution in [3.8, 4) is 0 Å². The number of carbonyl (C=O) groups excluding carboxylic acids is 1. The van der Waals surface area contributed by atoms with Gasteiger partial charge in [-0.15, -0.1) is 11.8 Å². The van der Waals surface area contributed by atoms with Crippen molar-refractivity contribution in [2.45, 2.75) is 11.3 Å². The van der Waals surface area contributed by atoms with Crippen molar-refractivity contribution < 1.29 is 14.3 Å². The van der Waals surface area contributed by atoms with Gasteiger partial charge in [0.2, 0.25) is 5.91 Å². The summed E-state index contributed by atoms with van der Waals surface area (Å²) in [5, 5.41) is 8.96. The molecule has 1 fully saturated rings. The molecule has 4 nitrogen and oxygen atoms in total. The maximum Gasteiger partial charge on any atom is 0.232 e. The summed E-state index contributed by atoms with van der Waals surface area (Å²) in [7, 11) is 0. The first-order valence-corrected chi connectivity index (χ1v) is 8.17. The molecule has 6 heteroatoms. The number of hydrogen-bond acceptors (Lipinski definition) is 4. The van der Waals surface area contributed by atoms with E-state index < -0.39 is 0 Å². The van der Waals surface area contributed by atoms with Gasteiger partial charge in [0.05, 0.1) is 12.4 Å². The predicted octanol–water partition coefficient (Wildman–Crippen LogP) is 1.44. The molecule has 0 bridgehead atoms. The molecule has 0 unspecified atom stereocenters. The number of benzene rings is 1. The zero-order valence-corrected chi connectivity index (χ0v) is 12.8. The minimum absolute atomic E-state index is 0.121. The fourth-order valence-electron chi connectivity index (χ4n) is 2.35. The van der Waals surface area contributed by atoms with Gasteiger partial charge in [-0.2, -0.15) is 0 Å². The maximum atomic E-state index is 12.8. The van der Waals surface area contributed by atoms with Gasteiger partial charge in [0, 0.05) is 31.1 Å². The van der Waals surface area contributed by atoms with E-state index in [2.05, 4.69) is 4.90 Å². The normalized spacial score (nSPS) is 16.8. The smallest absolute Gasteiger partial charge is 0.232 e. The van der Waals surface area contributed by atoms with Crippen LogP contribution in [-0.2, 0) is 4.79 Å². The molecule has 1 heterocycles. The van der Waals surface area contributed by atoms with E-state index in [1.54, 1.807) is 12.1 Å². The number of thioether (sulfide) groups is 1. The molecule has 0 radical (unpaired) electrons. The van der Waals surface area contributed by atoms with E-state index in [-0.39, 0.29) is 18.3 Å². The van der Waals surface area contributed by atoms with E-state index in [0.29, 0.717) is 18.8 Å². The SMILES string of the molecule is O=C(CSc1ccc(F)cc1)N1CCCN(CCO)CC1. The van der Waals surface area contributed by atoms with Gasteiger partial charge in [-0.1, -0.05) is 0 Å². The standard InChI is InChI=1S/C15H21FN2O2S/c16-13-2-4-14(5-3-13)21-12-15(20)18-7-1-6-17(8-9-18)10-11-19/h2-5,19H,1,6-12H2. The van der Waals surface area contributed by atoms with Crippen LogP contribution in [0.1, 0.15) is 6.42 Å². The number of aliphatic hydroxyl groups excluding tert-OH is 1. The Bertz CT molecular complexity index is 455. The monoisotopic (exact) mass is 312 g/mol. The number of carbonyl (C=O) groups is 1. The van der Waals surface area contributed by atoms with E-state index in [1.807, 2.05) is 4.90 Å². The Morgan fingerprint density at radius 3 is 2.67 bits per heavy atom. The highest BCUT2D eigenvalue weighted by atomic mass is 32.2. The third-order valence-corrected chi connectivity index (χ3v) is 4.53. The van der Waals surface area contributed by atoms with E-state index in [0.717, 1.165) is 31.0 Å². The summed E-state index contributed by atoms with van der Waals surface area (Å²) >= 11 is 1.44. The second-order valence-electron chi connectivity index (χ2n) is 5.04. The molecule has 1 N–H and O–H groups in total. The second kappa shape index (κ2) is 8.36. The molecule has 21 heavy (non-hydrogen) atoms. The Morgan fingerprint density at radius 2 is 1.95 bits per heavy atom. The predicted molar refractivity (Wildman–Crippen MR) is 81.8 cm³/mol. The van der Waals surface area contributed by atoms with Crippen LogP contribution < -0.4 is 0 Å². The van der Waals surface area contributed by atoms with Gasteiger partial charge in [0.25, 0.3) is 0 Å². The molecule has 0 aliphatic carbocycles. The minimum Gasteiger partial charge on any atom is -0.395 e. The highest BCUT2D eigenvalue weighted by Crippen LogP contribution is 2.19. The molecule has 0 spiro atoms. The van der Waals surface area contributed by atoms with Gasteiger partial charge in [-0.25, -0.2) is 4.39 Å². The number of hydrogen-bond donors (Lipinski definition) is 1. The van der Waals surface area contributed by atoms with Crippen molar-refractivity contribution in [2.75, 3.05) is 45.1 Å². The zero-order valence-electron chi connectivity index (χ0n) is 12.0. The van der Waals surface area contributed by atoms with Crippen molar-refractivity contribution in [1.82, 2.24) is 9.80 Å². The summed E-state index contributed by atoms with van der Waals surface area (Å²) in [6.07, 6.45) is 0.937. The van der Waals surface area contributed by atoms with Crippen LogP contribution in [0, 0.1) is 5.82 Å². The Hall–Kier alpha value is -1.11. The first-order valence-electron chi connectivity index (χ1n) is 7.18. The van der Waals surface area contributed by atoms with Crippen molar-refractivity contribution in [2.24, 2.45) is 0 Å². The third kappa shape index (κ3) is 5.30. The number of aliphatic hydroxyl groups is 1.